The minimum Gasteiger partial charge on any atom is -0.337 e. The second-order valence-corrected chi connectivity index (χ2v) is 7.07. The molecule has 2 fully saturated rings. The highest BCUT2D eigenvalue weighted by Crippen LogP contribution is 2.28. The van der Waals surface area contributed by atoms with Gasteiger partial charge in [0.1, 0.15) is 0 Å². The van der Waals surface area contributed by atoms with Crippen LogP contribution in [0.5, 0.6) is 0 Å². The molecule has 0 aliphatic carbocycles. The van der Waals surface area contributed by atoms with Gasteiger partial charge in [-0.3, -0.25) is 4.79 Å². The standard InChI is InChI=1S/C14H16Br2N2O/c15-10-3-4-12(16)11(6-10)14(19)18-7-9-2-1-5-17-13(9)8-18/h3-4,6,9,13,17H,1-2,5,7-8H2/t9-,13+/m0/s1. The Morgan fingerprint density at radius 2 is 2.16 bits per heavy atom. The van der Waals surface area contributed by atoms with Gasteiger partial charge in [0.05, 0.1) is 5.56 Å². The molecular formula is C14H16Br2N2O. The summed E-state index contributed by atoms with van der Waals surface area (Å²) in [6.07, 6.45) is 2.46. The van der Waals surface area contributed by atoms with Gasteiger partial charge in [0.15, 0.2) is 0 Å². The van der Waals surface area contributed by atoms with Crippen molar-refractivity contribution in [3.05, 3.63) is 32.7 Å². The van der Waals surface area contributed by atoms with E-state index in [1.165, 1.54) is 12.8 Å². The van der Waals surface area contributed by atoms with Gasteiger partial charge < -0.3 is 10.2 Å². The molecular weight excluding hydrogens is 372 g/mol. The molecule has 2 atom stereocenters. The van der Waals surface area contributed by atoms with Crippen LogP contribution in [0.3, 0.4) is 0 Å². The van der Waals surface area contributed by atoms with E-state index in [0.717, 1.165) is 34.1 Å². The second-order valence-electron chi connectivity index (χ2n) is 5.30. The van der Waals surface area contributed by atoms with Crippen molar-refractivity contribution in [1.82, 2.24) is 10.2 Å². The summed E-state index contributed by atoms with van der Waals surface area (Å²) in [5.41, 5.74) is 0.744. The molecule has 1 amide bonds. The molecule has 0 saturated carbocycles. The summed E-state index contributed by atoms with van der Waals surface area (Å²) >= 11 is 6.90. The van der Waals surface area contributed by atoms with Crippen molar-refractivity contribution in [1.29, 1.82) is 0 Å². The molecule has 19 heavy (non-hydrogen) atoms. The Balaban J connectivity index is 1.79. The van der Waals surface area contributed by atoms with Crippen LogP contribution in [0.1, 0.15) is 23.2 Å². The predicted molar refractivity (Wildman–Crippen MR) is 82.3 cm³/mol. The summed E-state index contributed by atoms with van der Waals surface area (Å²) in [5.74, 6) is 0.757. The van der Waals surface area contributed by atoms with E-state index < -0.39 is 0 Å². The molecule has 102 valence electrons. The Morgan fingerprint density at radius 1 is 1.32 bits per heavy atom. The molecule has 2 heterocycles. The molecule has 0 spiro atoms. The third kappa shape index (κ3) is 2.73. The molecule has 0 radical (unpaired) electrons. The maximum absolute atomic E-state index is 12.6. The number of nitrogens with one attached hydrogen (secondary N) is 1. The van der Waals surface area contributed by atoms with E-state index in [4.69, 9.17) is 0 Å². The number of carbonyl (C=O) groups excluding carboxylic acids is 1. The Kier molecular flexibility index (Phi) is 3.96. The second kappa shape index (κ2) is 5.54. The summed E-state index contributed by atoms with van der Waals surface area (Å²) < 4.78 is 1.80. The monoisotopic (exact) mass is 386 g/mol. The van der Waals surface area contributed by atoms with Gasteiger partial charge in [0.25, 0.3) is 5.91 Å². The van der Waals surface area contributed by atoms with E-state index in [9.17, 15) is 4.79 Å². The molecule has 2 aliphatic rings. The summed E-state index contributed by atoms with van der Waals surface area (Å²) in [6.45, 7) is 2.81. The van der Waals surface area contributed by atoms with Crippen LogP contribution in [0.2, 0.25) is 0 Å². The first-order valence-electron chi connectivity index (χ1n) is 6.63. The van der Waals surface area contributed by atoms with Gasteiger partial charge in [-0.25, -0.2) is 0 Å². The number of nitrogens with zero attached hydrogens (tertiary/aromatic N) is 1. The first kappa shape index (κ1) is 13.6. The van der Waals surface area contributed by atoms with Gasteiger partial charge in [-0.05, 0) is 59.4 Å². The van der Waals surface area contributed by atoms with Crippen molar-refractivity contribution in [2.24, 2.45) is 5.92 Å². The molecule has 2 saturated heterocycles. The van der Waals surface area contributed by atoms with Crippen molar-refractivity contribution in [2.75, 3.05) is 19.6 Å². The lowest BCUT2D eigenvalue weighted by Crippen LogP contribution is -2.41. The molecule has 0 unspecified atom stereocenters. The summed E-state index contributed by atoms with van der Waals surface area (Å²) in [5, 5.41) is 3.53. The summed E-state index contributed by atoms with van der Waals surface area (Å²) in [6, 6.07) is 6.23. The first-order valence-corrected chi connectivity index (χ1v) is 8.21. The highest BCUT2D eigenvalue weighted by atomic mass is 79.9. The zero-order valence-electron chi connectivity index (χ0n) is 10.5. The molecule has 5 heteroatoms. The van der Waals surface area contributed by atoms with Crippen LogP contribution in [0.4, 0.5) is 0 Å². The van der Waals surface area contributed by atoms with Gasteiger partial charge in [0, 0.05) is 28.1 Å². The van der Waals surface area contributed by atoms with Crippen molar-refractivity contribution < 1.29 is 4.79 Å². The van der Waals surface area contributed by atoms with Crippen LogP contribution < -0.4 is 5.32 Å². The number of hydrogen-bond acceptors (Lipinski definition) is 2. The van der Waals surface area contributed by atoms with E-state index in [0.29, 0.717) is 12.0 Å². The maximum atomic E-state index is 12.6. The fourth-order valence-electron chi connectivity index (χ4n) is 3.04. The molecule has 0 bridgehead atoms. The smallest absolute Gasteiger partial charge is 0.255 e. The van der Waals surface area contributed by atoms with Crippen LogP contribution >= 0.6 is 31.9 Å². The third-order valence-electron chi connectivity index (χ3n) is 4.05. The zero-order chi connectivity index (χ0) is 13.4. The molecule has 1 N–H and O–H groups in total. The van der Waals surface area contributed by atoms with Crippen molar-refractivity contribution in [2.45, 2.75) is 18.9 Å². The van der Waals surface area contributed by atoms with E-state index in [-0.39, 0.29) is 5.91 Å². The Hall–Kier alpha value is -0.390. The lowest BCUT2D eigenvalue weighted by molar-refractivity contribution is 0.0784. The number of hydrogen-bond donors (Lipinski definition) is 1. The van der Waals surface area contributed by atoms with Crippen LogP contribution in [0.25, 0.3) is 0 Å². The maximum Gasteiger partial charge on any atom is 0.255 e. The Morgan fingerprint density at radius 3 is 2.95 bits per heavy atom. The number of carbonyl (C=O) groups is 1. The molecule has 1 aromatic rings. The lowest BCUT2D eigenvalue weighted by Gasteiger charge is -2.24. The largest absolute Gasteiger partial charge is 0.337 e. The van der Waals surface area contributed by atoms with Gasteiger partial charge in [-0.15, -0.1) is 0 Å². The molecule has 0 aromatic heterocycles. The van der Waals surface area contributed by atoms with Crippen LogP contribution in [0, 0.1) is 5.92 Å². The zero-order valence-corrected chi connectivity index (χ0v) is 13.7. The number of piperidine rings is 1. The summed E-state index contributed by atoms with van der Waals surface area (Å²) in [4.78, 5) is 14.6. The molecule has 1 aromatic carbocycles. The number of benzene rings is 1. The van der Waals surface area contributed by atoms with E-state index in [1.54, 1.807) is 0 Å². The normalized spacial score (nSPS) is 26.3. The minimum absolute atomic E-state index is 0.129. The molecule has 2 aliphatic heterocycles. The van der Waals surface area contributed by atoms with E-state index >= 15 is 0 Å². The molecule has 3 nitrogen and oxygen atoms in total. The number of rotatable bonds is 1. The van der Waals surface area contributed by atoms with Gasteiger partial charge in [-0.2, -0.15) is 0 Å². The topological polar surface area (TPSA) is 32.3 Å². The summed E-state index contributed by atoms with van der Waals surface area (Å²) in [7, 11) is 0. The van der Waals surface area contributed by atoms with Gasteiger partial charge in [-0.1, -0.05) is 15.9 Å². The van der Waals surface area contributed by atoms with Gasteiger partial charge in [0.2, 0.25) is 0 Å². The van der Waals surface area contributed by atoms with E-state index in [1.807, 2.05) is 23.1 Å². The number of fused-ring (bicyclic) bond motifs is 1. The fraction of sp³-hybridized carbons (Fsp3) is 0.500. The minimum atomic E-state index is 0.129. The predicted octanol–water partition coefficient (Wildman–Crippen LogP) is 3.04. The SMILES string of the molecule is O=C(c1cc(Br)ccc1Br)N1C[C@@H]2CCCN[C@@H]2C1. The number of likely N-dealkylation sites (tertiary alicyclic amines) is 1. The number of amides is 1. The Bertz CT molecular complexity index is 492. The quantitative estimate of drug-likeness (QED) is 0.803. The van der Waals surface area contributed by atoms with Gasteiger partial charge >= 0.3 is 0 Å². The van der Waals surface area contributed by atoms with Crippen LogP contribution in [0.15, 0.2) is 27.1 Å². The molecule has 3 rings (SSSR count). The first-order chi connectivity index (χ1) is 9.15. The Labute approximate surface area is 130 Å². The highest BCUT2D eigenvalue weighted by molar-refractivity contribution is 9.11. The van der Waals surface area contributed by atoms with Crippen LogP contribution in [-0.2, 0) is 0 Å². The highest BCUT2D eigenvalue weighted by Gasteiger charge is 2.36. The van der Waals surface area contributed by atoms with E-state index in [2.05, 4.69) is 37.2 Å². The average molecular weight is 388 g/mol. The van der Waals surface area contributed by atoms with Crippen molar-refractivity contribution >= 4 is 37.8 Å². The average Bonchev–Trinajstić information content (AvgIpc) is 2.84. The fourth-order valence-corrected chi connectivity index (χ4v) is 3.82. The van der Waals surface area contributed by atoms with Crippen molar-refractivity contribution in [3.8, 4) is 0 Å². The van der Waals surface area contributed by atoms with Crippen LogP contribution in [-0.4, -0.2) is 36.5 Å². The third-order valence-corrected chi connectivity index (χ3v) is 5.23. The van der Waals surface area contributed by atoms with Crippen molar-refractivity contribution in [3.63, 3.8) is 0 Å². The lowest BCUT2D eigenvalue weighted by atomic mass is 9.94. The number of halogens is 2.